The Morgan fingerprint density at radius 3 is 2.41 bits per heavy atom. The summed E-state index contributed by atoms with van der Waals surface area (Å²) in [5, 5.41) is 36.4. The Bertz CT molecular complexity index is 1170. The summed E-state index contributed by atoms with van der Waals surface area (Å²) in [7, 11) is 1.57. The number of nitrogens with one attached hydrogen (secondary N) is 1. The average Bonchev–Trinajstić information content (AvgIpc) is 3.15. The Morgan fingerprint density at radius 2 is 1.77 bits per heavy atom. The molecule has 1 aliphatic carbocycles. The largest absolute Gasteiger partial charge is 0.514 e. The molecule has 1 saturated carbocycles. The molecule has 3 aliphatic rings. The molecule has 10 nitrogen and oxygen atoms in total. The molecule has 1 spiro atoms. The molecule has 2 heterocycles. The van der Waals surface area contributed by atoms with E-state index in [1.807, 2.05) is 12.1 Å². The lowest BCUT2D eigenvalue weighted by Crippen LogP contribution is -2.69. The van der Waals surface area contributed by atoms with Gasteiger partial charge in [-0.25, -0.2) is 4.79 Å². The fourth-order valence-corrected chi connectivity index (χ4v) is 6.27. The summed E-state index contributed by atoms with van der Waals surface area (Å²) in [6.45, 7) is 6.13. The van der Waals surface area contributed by atoms with E-state index < -0.39 is 70.5 Å². The van der Waals surface area contributed by atoms with Gasteiger partial charge in [-0.2, -0.15) is 0 Å². The van der Waals surface area contributed by atoms with Crippen LogP contribution in [0, 0.1) is 23.7 Å². The van der Waals surface area contributed by atoms with E-state index in [0.717, 1.165) is 17.9 Å². The molecule has 212 valence electrons. The van der Waals surface area contributed by atoms with Crippen LogP contribution in [0.5, 0.6) is 5.75 Å². The zero-order chi connectivity index (χ0) is 28.8. The number of benzene rings is 1. The van der Waals surface area contributed by atoms with Crippen LogP contribution < -0.4 is 10.1 Å². The van der Waals surface area contributed by atoms with Gasteiger partial charge in [0.25, 0.3) is 5.91 Å². The lowest BCUT2D eigenvalue weighted by molar-refractivity contribution is -0.222. The highest BCUT2D eigenvalue weighted by molar-refractivity contribution is 5.92. The van der Waals surface area contributed by atoms with Crippen LogP contribution in [0.3, 0.4) is 0 Å². The number of aliphatic hydroxyl groups excluding tert-OH is 1. The van der Waals surface area contributed by atoms with Crippen LogP contribution in [0.1, 0.15) is 39.7 Å². The number of hydrogen-bond acceptors (Lipinski definition) is 9. The maximum atomic E-state index is 13.8. The molecule has 0 radical (unpaired) electrons. The zero-order valence-corrected chi connectivity index (χ0v) is 22.8. The zero-order valence-electron chi connectivity index (χ0n) is 22.8. The Hall–Kier alpha value is -3.21. The number of carbonyl (C=O) groups excluding carboxylic acids is 3. The van der Waals surface area contributed by atoms with Gasteiger partial charge in [-0.3, -0.25) is 9.59 Å². The maximum absolute atomic E-state index is 13.8. The number of hydrogen-bond donors (Lipinski definition) is 4. The van der Waals surface area contributed by atoms with Gasteiger partial charge < -0.3 is 34.8 Å². The summed E-state index contributed by atoms with van der Waals surface area (Å²) in [4.78, 5) is 39.5. The van der Waals surface area contributed by atoms with E-state index in [2.05, 4.69) is 5.32 Å². The van der Waals surface area contributed by atoms with Crippen LogP contribution in [0.2, 0.25) is 0 Å². The van der Waals surface area contributed by atoms with Gasteiger partial charge in [-0.15, -0.1) is 0 Å². The summed E-state index contributed by atoms with van der Waals surface area (Å²) >= 11 is 0. The molecule has 4 rings (SSSR count). The standard InChI is InChI=1S/C29H37NO9/c1-16-7-6-8-20-24(32)28(4,36)17(2)22-21(15-18-9-11-19(37-5)12-10-18)30-25(33)29(20,22)39-26(34)38-14-13-27(3,35)23(16)31/h6,8-14,16-17,20-22,24,32,35-36H,7,15H2,1-5H3,(H,30,33)/t16-,17-,20-,21-,22-,24-,27+,28+,29+/m0/s1. The third kappa shape index (κ3) is 4.97. The monoisotopic (exact) mass is 543 g/mol. The lowest BCUT2D eigenvalue weighted by atomic mass is 9.55. The smallest absolute Gasteiger partial charge is 0.497 e. The fourth-order valence-electron chi connectivity index (χ4n) is 6.27. The van der Waals surface area contributed by atoms with Crippen molar-refractivity contribution < 1.29 is 43.9 Å². The van der Waals surface area contributed by atoms with Gasteiger partial charge in [0.2, 0.25) is 5.60 Å². The Morgan fingerprint density at radius 1 is 1.10 bits per heavy atom. The number of carbonyl (C=O) groups is 3. The van der Waals surface area contributed by atoms with Crippen molar-refractivity contribution >= 4 is 17.8 Å². The van der Waals surface area contributed by atoms with Gasteiger partial charge in [0.15, 0.2) is 5.78 Å². The van der Waals surface area contributed by atoms with Crippen molar-refractivity contribution in [3.05, 3.63) is 54.3 Å². The van der Waals surface area contributed by atoms with E-state index in [1.165, 1.54) is 19.9 Å². The Kier molecular flexibility index (Phi) is 7.68. The van der Waals surface area contributed by atoms with Gasteiger partial charge in [0, 0.05) is 17.9 Å². The number of Topliss-reactive ketones (excluding diaryl/α,β-unsaturated/α-hetero) is 1. The highest BCUT2D eigenvalue weighted by Gasteiger charge is 2.72. The number of aliphatic hydroxyl groups is 3. The molecule has 4 N–H and O–H groups in total. The molecule has 1 saturated heterocycles. The molecule has 2 aliphatic heterocycles. The van der Waals surface area contributed by atoms with E-state index in [9.17, 15) is 29.7 Å². The van der Waals surface area contributed by atoms with Gasteiger partial charge in [0.1, 0.15) is 11.4 Å². The number of ketones is 1. The molecule has 0 unspecified atom stereocenters. The summed E-state index contributed by atoms with van der Waals surface area (Å²) in [5.74, 6) is -3.69. The van der Waals surface area contributed by atoms with E-state index in [1.54, 1.807) is 39.2 Å². The Balaban J connectivity index is 1.81. The van der Waals surface area contributed by atoms with E-state index in [0.29, 0.717) is 12.2 Å². The molecular formula is C29H37NO9. The van der Waals surface area contributed by atoms with Crippen LogP contribution in [0.4, 0.5) is 4.79 Å². The Labute approximate surface area is 227 Å². The van der Waals surface area contributed by atoms with Crippen LogP contribution >= 0.6 is 0 Å². The first-order valence-corrected chi connectivity index (χ1v) is 13.1. The third-order valence-electron chi connectivity index (χ3n) is 8.70. The molecule has 39 heavy (non-hydrogen) atoms. The predicted octanol–water partition coefficient (Wildman–Crippen LogP) is 2.05. The topological polar surface area (TPSA) is 152 Å². The van der Waals surface area contributed by atoms with E-state index >= 15 is 0 Å². The molecule has 0 bridgehead atoms. The number of rotatable bonds is 3. The minimum absolute atomic E-state index is 0.177. The first kappa shape index (κ1) is 28.8. The lowest BCUT2D eigenvalue weighted by Gasteiger charge is -2.54. The van der Waals surface area contributed by atoms with Gasteiger partial charge in [-0.05, 0) is 56.4 Å². The van der Waals surface area contributed by atoms with Crippen LogP contribution in [-0.2, 0) is 25.5 Å². The quantitative estimate of drug-likeness (QED) is 0.332. The van der Waals surface area contributed by atoms with Crippen LogP contribution in [-0.4, -0.2) is 69.2 Å². The van der Waals surface area contributed by atoms with E-state index in [4.69, 9.17) is 14.2 Å². The average molecular weight is 544 g/mol. The van der Waals surface area contributed by atoms with Crippen molar-refractivity contribution in [2.45, 2.75) is 69.5 Å². The van der Waals surface area contributed by atoms with Crippen molar-refractivity contribution in [2.75, 3.05) is 7.11 Å². The number of amides is 1. The maximum Gasteiger partial charge on any atom is 0.514 e. The molecule has 10 heteroatoms. The highest BCUT2D eigenvalue weighted by Crippen LogP contribution is 2.54. The SMILES string of the molecule is COc1ccc(C[C@@H]2NC(=O)[C@@]34OC(=O)OC=C[C@@](C)(O)C(=O)[C@@H](C)CC=C[C@H]3[C@H](O)[C@](C)(O)[C@@H](C)[C@@H]24)cc1. The van der Waals surface area contributed by atoms with Crippen LogP contribution in [0.15, 0.2) is 48.8 Å². The van der Waals surface area contributed by atoms with Crippen molar-refractivity contribution in [3.63, 3.8) is 0 Å². The number of allylic oxidation sites excluding steroid dienone is 1. The normalized spacial score (nSPS) is 40.7. The molecule has 2 fully saturated rings. The van der Waals surface area contributed by atoms with Crippen molar-refractivity contribution in [1.82, 2.24) is 5.32 Å². The minimum atomic E-state index is -1.91. The van der Waals surface area contributed by atoms with Crippen molar-refractivity contribution in [1.29, 1.82) is 0 Å². The number of ether oxygens (including phenoxy) is 3. The molecule has 9 atom stereocenters. The first-order chi connectivity index (χ1) is 18.3. The summed E-state index contributed by atoms with van der Waals surface area (Å²) in [6.07, 6.45) is 2.84. The fraction of sp³-hybridized carbons (Fsp3) is 0.552. The van der Waals surface area contributed by atoms with Crippen molar-refractivity contribution in [2.24, 2.45) is 23.7 Å². The minimum Gasteiger partial charge on any atom is -0.497 e. The molecule has 0 aromatic heterocycles. The second kappa shape index (κ2) is 10.4. The first-order valence-electron chi connectivity index (χ1n) is 13.1. The van der Waals surface area contributed by atoms with Gasteiger partial charge >= 0.3 is 6.16 Å². The summed E-state index contributed by atoms with van der Waals surface area (Å²) < 4.78 is 16.1. The third-order valence-corrected chi connectivity index (χ3v) is 8.70. The number of cyclic esters (lactones) is 1. The highest BCUT2D eigenvalue weighted by atomic mass is 16.7. The summed E-state index contributed by atoms with van der Waals surface area (Å²) in [6, 6.07) is 6.77. The van der Waals surface area contributed by atoms with Crippen molar-refractivity contribution in [3.8, 4) is 5.75 Å². The summed E-state index contributed by atoms with van der Waals surface area (Å²) in [5.41, 5.74) is -4.59. The van der Waals surface area contributed by atoms with Gasteiger partial charge in [0.05, 0.1) is 31.0 Å². The molecule has 1 aromatic rings. The predicted molar refractivity (Wildman–Crippen MR) is 139 cm³/mol. The van der Waals surface area contributed by atoms with E-state index in [-0.39, 0.29) is 6.42 Å². The molecule has 1 amide bonds. The van der Waals surface area contributed by atoms with Crippen LogP contribution in [0.25, 0.3) is 0 Å². The second-order valence-electron chi connectivity index (χ2n) is 11.3. The second-order valence-corrected chi connectivity index (χ2v) is 11.3. The molecule has 1 aromatic carbocycles. The molecular weight excluding hydrogens is 506 g/mol. The number of methoxy groups -OCH3 is 1. The van der Waals surface area contributed by atoms with Gasteiger partial charge in [-0.1, -0.05) is 38.1 Å².